The monoisotopic (exact) mass is 237 g/mol. The van der Waals surface area contributed by atoms with E-state index in [9.17, 15) is 4.39 Å². The Labute approximate surface area is 102 Å². The second-order valence-corrected chi connectivity index (χ2v) is 4.88. The number of halogens is 1. The number of anilines is 1. The minimum absolute atomic E-state index is 0.174. The van der Waals surface area contributed by atoms with Crippen LogP contribution in [0.4, 0.5) is 10.2 Å². The molecule has 4 heteroatoms. The third kappa shape index (κ3) is 3.03. The Morgan fingerprint density at radius 1 is 1.53 bits per heavy atom. The van der Waals surface area contributed by atoms with Crippen LogP contribution in [0, 0.1) is 5.82 Å². The maximum absolute atomic E-state index is 14.2. The number of hydrogen-bond acceptors (Lipinski definition) is 3. The summed E-state index contributed by atoms with van der Waals surface area (Å²) in [4.78, 5) is 5.99. The fourth-order valence-corrected chi connectivity index (χ4v) is 1.62. The summed E-state index contributed by atoms with van der Waals surface area (Å²) in [6, 6.07) is 1.60. The molecule has 0 saturated carbocycles. The maximum atomic E-state index is 14.2. The van der Waals surface area contributed by atoms with Crippen LogP contribution < -0.4 is 10.6 Å². The lowest BCUT2D eigenvalue weighted by Crippen LogP contribution is -2.42. The molecular formula is C13H20FN3. The molecule has 1 heterocycles. The quantitative estimate of drug-likeness (QED) is 0.818. The van der Waals surface area contributed by atoms with Gasteiger partial charge in [-0.05, 0) is 26.8 Å². The second-order valence-electron chi connectivity index (χ2n) is 4.88. The van der Waals surface area contributed by atoms with E-state index in [1.807, 2.05) is 25.7 Å². The molecule has 17 heavy (non-hydrogen) atoms. The first-order chi connectivity index (χ1) is 7.91. The van der Waals surface area contributed by atoms with E-state index in [2.05, 4.69) is 11.6 Å². The van der Waals surface area contributed by atoms with Gasteiger partial charge in [-0.25, -0.2) is 9.37 Å². The normalized spacial score (nSPS) is 11.4. The number of rotatable bonds is 4. The lowest BCUT2D eigenvalue weighted by Gasteiger charge is -2.36. The van der Waals surface area contributed by atoms with E-state index in [4.69, 9.17) is 5.73 Å². The van der Waals surface area contributed by atoms with Crippen LogP contribution in [0.25, 0.3) is 0 Å². The molecule has 0 radical (unpaired) electrons. The summed E-state index contributed by atoms with van der Waals surface area (Å²) >= 11 is 0. The molecular weight excluding hydrogens is 217 g/mol. The highest BCUT2D eigenvalue weighted by Crippen LogP contribution is 2.25. The zero-order chi connectivity index (χ0) is 13.1. The van der Waals surface area contributed by atoms with Gasteiger partial charge in [0.15, 0.2) is 11.6 Å². The molecule has 2 N–H and O–H groups in total. The predicted octanol–water partition coefficient (Wildman–Crippen LogP) is 2.47. The van der Waals surface area contributed by atoms with Crippen LogP contribution in [0.15, 0.2) is 24.9 Å². The van der Waals surface area contributed by atoms with Gasteiger partial charge in [0.25, 0.3) is 0 Å². The molecule has 0 saturated heterocycles. The Kier molecular flexibility index (Phi) is 4.23. The standard InChI is InChI=1S/C13H20FN3/c1-5-8-17(13(2,3)4)12-11(14)10(9-15)6-7-16-12/h5-7H,1,8-9,15H2,2-4H3. The highest BCUT2D eigenvalue weighted by atomic mass is 19.1. The van der Waals surface area contributed by atoms with E-state index in [1.165, 1.54) is 0 Å². The van der Waals surface area contributed by atoms with Crippen molar-refractivity contribution in [2.75, 3.05) is 11.4 Å². The number of pyridine rings is 1. The molecule has 0 atom stereocenters. The second kappa shape index (κ2) is 5.27. The molecule has 0 bridgehead atoms. The third-order valence-electron chi connectivity index (χ3n) is 2.55. The van der Waals surface area contributed by atoms with Gasteiger partial charge >= 0.3 is 0 Å². The molecule has 1 rings (SSSR count). The molecule has 1 aromatic rings. The smallest absolute Gasteiger partial charge is 0.170 e. The molecule has 3 nitrogen and oxygen atoms in total. The molecule has 0 aliphatic heterocycles. The zero-order valence-corrected chi connectivity index (χ0v) is 10.7. The van der Waals surface area contributed by atoms with Crippen molar-refractivity contribution in [3.8, 4) is 0 Å². The number of aromatic nitrogens is 1. The lowest BCUT2D eigenvalue weighted by atomic mass is 10.1. The van der Waals surface area contributed by atoms with Crippen LogP contribution >= 0.6 is 0 Å². The van der Waals surface area contributed by atoms with Crippen molar-refractivity contribution in [2.24, 2.45) is 5.73 Å². The summed E-state index contributed by atoms with van der Waals surface area (Å²) in [6.07, 6.45) is 3.32. The summed E-state index contributed by atoms with van der Waals surface area (Å²) in [5, 5.41) is 0. The van der Waals surface area contributed by atoms with Crippen molar-refractivity contribution in [2.45, 2.75) is 32.9 Å². The summed E-state index contributed by atoms with van der Waals surface area (Å²) in [6.45, 7) is 10.4. The van der Waals surface area contributed by atoms with Crippen LogP contribution in [0.1, 0.15) is 26.3 Å². The molecule has 0 spiro atoms. The molecule has 0 amide bonds. The van der Waals surface area contributed by atoms with E-state index in [-0.39, 0.29) is 17.9 Å². The van der Waals surface area contributed by atoms with Crippen LogP contribution in [-0.2, 0) is 6.54 Å². The highest BCUT2D eigenvalue weighted by molar-refractivity contribution is 5.46. The summed E-state index contributed by atoms with van der Waals surface area (Å²) < 4.78 is 14.2. The minimum atomic E-state index is -0.341. The summed E-state index contributed by atoms with van der Waals surface area (Å²) in [5.41, 5.74) is 5.75. The molecule has 0 fully saturated rings. The topological polar surface area (TPSA) is 42.2 Å². The van der Waals surface area contributed by atoms with E-state index in [0.29, 0.717) is 17.9 Å². The number of nitrogens with zero attached hydrogens (tertiary/aromatic N) is 2. The molecule has 94 valence electrons. The molecule has 0 aromatic carbocycles. The molecule has 0 aliphatic rings. The van der Waals surface area contributed by atoms with Crippen molar-refractivity contribution in [3.63, 3.8) is 0 Å². The Bertz CT molecular complexity index is 396. The number of hydrogen-bond donors (Lipinski definition) is 1. The van der Waals surface area contributed by atoms with Crippen molar-refractivity contribution >= 4 is 5.82 Å². The Morgan fingerprint density at radius 2 is 2.18 bits per heavy atom. The highest BCUT2D eigenvalue weighted by Gasteiger charge is 2.25. The molecule has 0 unspecified atom stereocenters. The van der Waals surface area contributed by atoms with Crippen molar-refractivity contribution in [1.82, 2.24) is 4.98 Å². The van der Waals surface area contributed by atoms with E-state index < -0.39 is 0 Å². The van der Waals surface area contributed by atoms with Gasteiger partial charge in [0, 0.05) is 30.4 Å². The van der Waals surface area contributed by atoms with Crippen LogP contribution in [0.5, 0.6) is 0 Å². The predicted molar refractivity (Wildman–Crippen MR) is 69.4 cm³/mol. The van der Waals surface area contributed by atoms with E-state index >= 15 is 0 Å². The minimum Gasteiger partial charge on any atom is -0.346 e. The Morgan fingerprint density at radius 3 is 2.65 bits per heavy atom. The van der Waals surface area contributed by atoms with Crippen LogP contribution in [0.3, 0.4) is 0 Å². The zero-order valence-electron chi connectivity index (χ0n) is 10.7. The van der Waals surface area contributed by atoms with E-state index in [0.717, 1.165) is 0 Å². The lowest BCUT2D eigenvalue weighted by molar-refractivity contribution is 0.498. The first kappa shape index (κ1) is 13.6. The molecule has 0 aliphatic carbocycles. The summed E-state index contributed by atoms with van der Waals surface area (Å²) in [7, 11) is 0. The summed E-state index contributed by atoms with van der Waals surface area (Å²) in [5.74, 6) is -0.00729. The van der Waals surface area contributed by atoms with Gasteiger partial charge < -0.3 is 10.6 Å². The van der Waals surface area contributed by atoms with Gasteiger partial charge in [-0.1, -0.05) is 6.08 Å². The fraction of sp³-hybridized carbons (Fsp3) is 0.462. The fourth-order valence-electron chi connectivity index (χ4n) is 1.62. The van der Waals surface area contributed by atoms with Gasteiger partial charge in [0.05, 0.1) is 0 Å². The van der Waals surface area contributed by atoms with E-state index in [1.54, 1.807) is 18.3 Å². The van der Waals surface area contributed by atoms with Crippen molar-refractivity contribution in [1.29, 1.82) is 0 Å². The van der Waals surface area contributed by atoms with Gasteiger partial charge in [0.2, 0.25) is 0 Å². The average molecular weight is 237 g/mol. The Balaban J connectivity index is 3.23. The maximum Gasteiger partial charge on any atom is 0.170 e. The first-order valence-electron chi connectivity index (χ1n) is 5.63. The van der Waals surface area contributed by atoms with Crippen molar-refractivity contribution < 1.29 is 4.39 Å². The largest absolute Gasteiger partial charge is 0.346 e. The van der Waals surface area contributed by atoms with Crippen LogP contribution in [0.2, 0.25) is 0 Å². The molecule has 1 aromatic heterocycles. The third-order valence-corrected chi connectivity index (χ3v) is 2.55. The Hall–Kier alpha value is -1.42. The number of nitrogens with two attached hydrogens (primary N) is 1. The van der Waals surface area contributed by atoms with Gasteiger partial charge in [0.1, 0.15) is 0 Å². The SMILES string of the molecule is C=CCN(c1nccc(CN)c1F)C(C)(C)C. The average Bonchev–Trinajstić information content (AvgIpc) is 2.25. The van der Waals surface area contributed by atoms with Crippen molar-refractivity contribution in [3.05, 3.63) is 36.3 Å². The van der Waals surface area contributed by atoms with Crippen LogP contribution in [-0.4, -0.2) is 17.1 Å². The van der Waals surface area contributed by atoms with Gasteiger partial charge in [-0.3, -0.25) is 0 Å². The first-order valence-corrected chi connectivity index (χ1v) is 5.63. The van der Waals surface area contributed by atoms with Gasteiger partial charge in [-0.15, -0.1) is 6.58 Å². The van der Waals surface area contributed by atoms with Gasteiger partial charge in [-0.2, -0.15) is 0 Å².